The zero-order valence-electron chi connectivity index (χ0n) is 16.1. The number of hydrogen-bond acceptors (Lipinski definition) is 5. The highest BCUT2D eigenvalue weighted by atomic mass is 35.5. The zero-order valence-corrected chi connectivity index (χ0v) is 17.6. The Hall–Kier alpha value is -2.36. The van der Waals surface area contributed by atoms with Gasteiger partial charge in [-0.05, 0) is 36.4 Å². The molecule has 2 N–H and O–H groups in total. The van der Waals surface area contributed by atoms with Gasteiger partial charge in [-0.25, -0.2) is 12.8 Å². The van der Waals surface area contributed by atoms with Crippen LogP contribution in [0.2, 0.25) is 5.02 Å². The van der Waals surface area contributed by atoms with Crippen molar-refractivity contribution in [2.24, 2.45) is 0 Å². The van der Waals surface area contributed by atoms with Crippen LogP contribution in [0.15, 0.2) is 41.3 Å². The third-order valence-electron chi connectivity index (χ3n) is 4.54. The van der Waals surface area contributed by atoms with Crippen molar-refractivity contribution in [2.75, 3.05) is 49.9 Å². The van der Waals surface area contributed by atoms with Gasteiger partial charge in [0.25, 0.3) is 15.9 Å². The maximum atomic E-state index is 13.4. The number of carbonyl (C=O) groups excluding carboxylic acids is 1. The third kappa shape index (κ3) is 4.80. The van der Waals surface area contributed by atoms with Crippen molar-refractivity contribution < 1.29 is 17.6 Å². The number of halogens is 2. The van der Waals surface area contributed by atoms with E-state index in [4.69, 9.17) is 11.6 Å². The Morgan fingerprint density at radius 3 is 2.48 bits per heavy atom. The van der Waals surface area contributed by atoms with Crippen molar-refractivity contribution >= 4 is 38.9 Å². The summed E-state index contributed by atoms with van der Waals surface area (Å²) in [5, 5.41) is 2.97. The lowest BCUT2D eigenvalue weighted by atomic mass is 10.1. The van der Waals surface area contributed by atoms with E-state index in [-0.39, 0.29) is 21.5 Å². The minimum absolute atomic E-state index is 0.171. The smallest absolute Gasteiger partial charge is 0.261 e. The van der Waals surface area contributed by atoms with Crippen LogP contribution in [0.25, 0.3) is 0 Å². The molecule has 10 heteroatoms. The second kappa shape index (κ2) is 8.56. The fourth-order valence-electron chi connectivity index (χ4n) is 3.05. The standard InChI is InChI=1S/C19H22ClFN4O3S/c1-24(2)19(26)15-11-13(3-6-18(15)25-9-7-22-8-10-25)23-29(27,28)14-4-5-17(21)16(20)12-14/h3-6,11-12,22-23H,7-10H2,1-2H3. The third-order valence-corrected chi connectivity index (χ3v) is 6.21. The maximum Gasteiger partial charge on any atom is 0.261 e. The van der Waals surface area contributed by atoms with E-state index < -0.39 is 15.8 Å². The molecule has 0 spiro atoms. The summed E-state index contributed by atoms with van der Waals surface area (Å²) in [6.45, 7) is 3.09. The molecule has 156 valence electrons. The molecule has 0 unspecified atom stereocenters. The van der Waals surface area contributed by atoms with E-state index in [0.29, 0.717) is 5.56 Å². The fraction of sp³-hybridized carbons (Fsp3) is 0.316. The Balaban J connectivity index is 1.96. The number of hydrogen-bond donors (Lipinski definition) is 2. The van der Waals surface area contributed by atoms with Crippen LogP contribution in [0.1, 0.15) is 10.4 Å². The molecule has 3 rings (SSSR count). The lowest BCUT2D eigenvalue weighted by Gasteiger charge is -2.31. The van der Waals surface area contributed by atoms with E-state index in [1.165, 1.54) is 11.0 Å². The molecule has 1 aliphatic heterocycles. The van der Waals surface area contributed by atoms with Gasteiger partial charge in [0.05, 0.1) is 15.5 Å². The first-order valence-electron chi connectivity index (χ1n) is 8.98. The molecule has 0 bridgehead atoms. The summed E-state index contributed by atoms with van der Waals surface area (Å²) in [5.74, 6) is -0.936. The van der Waals surface area contributed by atoms with Crippen LogP contribution >= 0.6 is 11.6 Å². The van der Waals surface area contributed by atoms with Gasteiger partial charge in [0.15, 0.2) is 0 Å². The first-order valence-corrected chi connectivity index (χ1v) is 10.8. The van der Waals surface area contributed by atoms with Crippen LogP contribution < -0.4 is 14.9 Å². The van der Waals surface area contributed by atoms with Crippen LogP contribution in [-0.2, 0) is 10.0 Å². The molecular formula is C19H22ClFN4O3S. The number of nitrogens with one attached hydrogen (secondary N) is 2. The summed E-state index contributed by atoms with van der Waals surface area (Å²) in [6.07, 6.45) is 0. The monoisotopic (exact) mass is 440 g/mol. The van der Waals surface area contributed by atoms with Crippen LogP contribution in [-0.4, -0.2) is 59.5 Å². The van der Waals surface area contributed by atoms with Gasteiger partial charge in [0.1, 0.15) is 5.82 Å². The molecule has 2 aromatic rings. The normalized spacial score (nSPS) is 14.6. The van der Waals surface area contributed by atoms with Gasteiger partial charge in [0.2, 0.25) is 0 Å². The highest BCUT2D eigenvalue weighted by Crippen LogP contribution is 2.28. The number of carbonyl (C=O) groups is 1. The number of amides is 1. The SMILES string of the molecule is CN(C)C(=O)c1cc(NS(=O)(=O)c2ccc(F)c(Cl)c2)ccc1N1CCNCC1. The maximum absolute atomic E-state index is 13.4. The average molecular weight is 441 g/mol. The van der Waals surface area contributed by atoms with Gasteiger partial charge < -0.3 is 15.1 Å². The molecule has 0 aromatic heterocycles. The quantitative estimate of drug-likeness (QED) is 0.746. The van der Waals surface area contributed by atoms with Gasteiger partial charge in [-0.15, -0.1) is 0 Å². The molecule has 0 radical (unpaired) electrons. The highest BCUT2D eigenvalue weighted by Gasteiger charge is 2.22. The van der Waals surface area contributed by atoms with Crippen LogP contribution in [0, 0.1) is 5.82 Å². The topological polar surface area (TPSA) is 81.8 Å². The van der Waals surface area contributed by atoms with Gasteiger partial charge in [0, 0.05) is 51.6 Å². The molecule has 1 saturated heterocycles. The average Bonchev–Trinajstić information content (AvgIpc) is 2.69. The van der Waals surface area contributed by atoms with Crippen LogP contribution in [0.4, 0.5) is 15.8 Å². The highest BCUT2D eigenvalue weighted by molar-refractivity contribution is 7.92. The molecule has 7 nitrogen and oxygen atoms in total. The second-order valence-corrected chi connectivity index (χ2v) is 8.94. The Morgan fingerprint density at radius 2 is 1.86 bits per heavy atom. The number of benzene rings is 2. The van der Waals surface area contributed by atoms with E-state index in [1.807, 2.05) is 0 Å². The van der Waals surface area contributed by atoms with E-state index in [9.17, 15) is 17.6 Å². The van der Waals surface area contributed by atoms with Crippen LogP contribution in [0.5, 0.6) is 0 Å². The number of piperazine rings is 1. The van der Waals surface area contributed by atoms with Crippen molar-refractivity contribution in [3.8, 4) is 0 Å². The summed E-state index contributed by atoms with van der Waals surface area (Å²) in [7, 11) is -0.722. The molecular weight excluding hydrogens is 419 g/mol. The predicted molar refractivity (Wildman–Crippen MR) is 112 cm³/mol. The Morgan fingerprint density at radius 1 is 1.17 bits per heavy atom. The molecule has 2 aromatic carbocycles. The molecule has 1 aliphatic rings. The number of sulfonamides is 1. The summed E-state index contributed by atoms with van der Waals surface area (Å²) >= 11 is 5.70. The summed E-state index contributed by atoms with van der Waals surface area (Å²) in [4.78, 5) is 16.1. The first-order chi connectivity index (χ1) is 13.7. The van der Waals surface area contributed by atoms with Gasteiger partial charge in [-0.1, -0.05) is 11.6 Å². The fourth-order valence-corrected chi connectivity index (χ4v) is 4.37. The van der Waals surface area contributed by atoms with Crippen molar-refractivity contribution in [1.82, 2.24) is 10.2 Å². The van der Waals surface area contributed by atoms with E-state index in [2.05, 4.69) is 14.9 Å². The van der Waals surface area contributed by atoms with Crippen molar-refractivity contribution in [1.29, 1.82) is 0 Å². The molecule has 29 heavy (non-hydrogen) atoms. The summed E-state index contributed by atoms with van der Waals surface area (Å²) in [5.41, 5.74) is 1.38. The minimum atomic E-state index is -4.00. The van der Waals surface area contributed by atoms with Crippen LogP contribution in [0.3, 0.4) is 0 Å². The van der Waals surface area contributed by atoms with E-state index in [0.717, 1.165) is 50.1 Å². The Kier molecular flexibility index (Phi) is 6.30. The minimum Gasteiger partial charge on any atom is -0.368 e. The van der Waals surface area contributed by atoms with Crippen molar-refractivity contribution in [2.45, 2.75) is 4.90 Å². The first kappa shape index (κ1) is 21.4. The van der Waals surface area contributed by atoms with Gasteiger partial charge >= 0.3 is 0 Å². The summed E-state index contributed by atoms with van der Waals surface area (Å²) < 4.78 is 41.1. The predicted octanol–water partition coefficient (Wildman–Crippen LogP) is 2.39. The van der Waals surface area contributed by atoms with Crippen molar-refractivity contribution in [3.63, 3.8) is 0 Å². The number of rotatable bonds is 5. The van der Waals surface area contributed by atoms with E-state index in [1.54, 1.807) is 26.2 Å². The summed E-state index contributed by atoms with van der Waals surface area (Å²) in [6, 6.07) is 8.02. The van der Waals surface area contributed by atoms with Gasteiger partial charge in [-0.2, -0.15) is 0 Å². The molecule has 0 atom stereocenters. The number of nitrogens with zero attached hydrogens (tertiary/aromatic N) is 2. The Bertz CT molecular complexity index is 1020. The Labute approximate surface area is 174 Å². The molecule has 0 saturated carbocycles. The molecule has 1 amide bonds. The lowest BCUT2D eigenvalue weighted by Crippen LogP contribution is -2.44. The van der Waals surface area contributed by atoms with Gasteiger partial charge in [-0.3, -0.25) is 9.52 Å². The lowest BCUT2D eigenvalue weighted by molar-refractivity contribution is 0.0828. The second-order valence-electron chi connectivity index (χ2n) is 6.85. The van der Waals surface area contributed by atoms with E-state index >= 15 is 0 Å². The molecule has 0 aliphatic carbocycles. The number of anilines is 2. The molecule has 1 heterocycles. The van der Waals surface area contributed by atoms with Crippen molar-refractivity contribution in [3.05, 3.63) is 52.8 Å². The molecule has 1 fully saturated rings. The zero-order chi connectivity index (χ0) is 21.2. The largest absolute Gasteiger partial charge is 0.368 e.